The van der Waals surface area contributed by atoms with E-state index in [9.17, 15) is 14.7 Å². The molecule has 1 amide bonds. The molecule has 0 aromatic carbocycles. The van der Waals surface area contributed by atoms with E-state index < -0.39 is 12.1 Å². The molecule has 0 fully saturated rings. The van der Waals surface area contributed by atoms with Crippen LogP contribution in [-0.2, 0) is 14.3 Å². The van der Waals surface area contributed by atoms with E-state index in [1.165, 1.54) is 18.9 Å². The van der Waals surface area contributed by atoms with Crippen LogP contribution in [0, 0.1) is 0 Å². The van der Waals surface area contributed by atoms with Gasteiger partial charge in [-0.2, -0.15) is 0 Å². The highest BCUT2D eigenvalue weighted by Crippen LogP contribution is 2.08. The minimum atomic E-state index is -0.888. The van der Waals surface area contributed by atoms with E-state index in [0.717, 1.165) is 0 Å². The zero-order chi connectivity index (χ0) is 12.0. The maximum absolute atomic E-state index is 11.2. The van der Waals surface area contributed by atoms with Gasteiger partial charge in [0.25, 0.3) is 0 Å². The van der Waals surface area contributed by atoms with E-state index in [4.69, 9.17) is 0 Å². The van der Waals surface area contributed by atoms with Crippen molar-refractivity contribution in [2.24, 2.45) is 0 Å². The number of methoxy groups -OCH3 is 1. The molecule has 2 unspecified atom stereocenters. The van der Waals surface area contributed by atoms with Crippen LogP contribution in [0.4, 0.5) is 0 Å². The summed E-state index contributed by atoms with van der Waals surface area (Å²) in [6.45, 7) is 5.47. The summed E-state index contributed by atoms with van der Waals surface area (Å²) in [5, 5.41) is 9.67. The van der Waals surface area contributed by atoms with Gasteiger partial charge in [0.2, 0.25) is 5.91 Å². The molecule has 1 N–H and O–H groups in total. The molecule has 0 rings (SSSR count). The third-order valence-electron chi connectivity index (χ3n) is 2.40. The molecule has 0 aromatic rings. The number of aliphatic hydroxyl groups excluding tert-OH is 1. The topological polar surface area (TPSA) is 66.8 Å². The van der Waals surface area contributed by atoms with Gasteiger partial charge in [-0.1, -0.05) is 0 Å². The molecule has 0 saturated heterocycles. The molecule has 2 atom stereocenters. The van der Waals surface area contributed by atoms with Gasteiger partial charge in [0.1, 0.15) is 0 Å². The monoisotopic (exact) mass is 217 g/mol. The number of carbonyl (C=O) groups excluding carboxylic acids is 2. The second kappa shape index (κ2) is 6.40. The number of hydrogen-bond donors (Lipinski definition) is 1. The summed E-state index contributed by atoms with van der Waals surface area (Å²) in [6, 6.07) is -0.383. The summed E-state index contributed by atoms with van der Waals surface area (Å²) in [5.41, 5.74) is 0. The standard InChI is InChI=1S/C10H19NO4/c1-5-11(8(3)12)7(2)9(13)6-10(14)15-4/h7,9,13H,5-6H2,1-4H3. The number of likely N-dealkylation sites (N-methyl/N-ethyl adjacent to an activating group) is 1. The fourth-order valence-corrected chi connectivity index (χ4v) is 1.43. The predicted molar refractivity (Wildman–Crippen MR) is 55.2 cm³/mol. The van der Waals surface area contributed by atoms with Crippen LogP contribution in [-0.4, -0.2) is 47.7 Å². The Balaban J connectivity index is 4.34. The lowest BCUT2D eigenvalue weighted by Crippen LogP contribution is -2.44. The van der Waals surface area contributed by atoms with Gasteiger partial charge in [0.05, 0.1) is 25.7 Å². The Hall–Kier alpha value is -1.10. The van der Waals surface area contributed by atoms with E-state index in [-0.39, 0.29) is 18.4 Å². The smallest absolute Gasteiger partial charge is 0.308 e. The van der Waals surface area contributed by atoms with Crippen molar-refractivity contribution in [2.75, 3.05) is 13.7 Å². The van der Waals surface area contributed by atoms with Crippen LogP contribution in [0.25, 0.3) is 0 Å². The highest BCUT2D eigenvalue weighted by Gasteiger charge is 2.24. The van der Waals surface area contributed by atoms with E-state index in [0.29, 0.717) is 6.54 Å². The zero-order valence-electron chi connectivity index (χ0n) is 9.69. The Bertz CT molecular complexity index is 229. The summed E-state index contributed by atoms with van der Waals surface area (Å²) < 4.78 is 4.44. The molecule has 0 spiro atoms. The van der Waals surface area contributed by atoms with Gasteiger partial charge in [-0.25, -0.2) is 0 Å². The number of aliphatic hydroxyl groups is 1. The fraction of sp³-hybridized carbons (Fsp3) is 0.800. The lowest BCUT2D eigenvalue weighted by molar-refractivity contribution is -0.145. The Labute approximate surface area is 90.0 Å². The van der Waals surface area contributed by atoms with Gasteiger partial charge < -0.3 is 14.7 Å². The molecule has 5 nitrogen and oxygen atoms in total. The molecule has 0 aliphatic carbocycles. The number of esters is 1. The van der Waals surface area contributed by atoms with E-state index >= 15 is 0 Å². The number of nitrogens with zero attached hydrogens (tertiary/aromatic N) is 1. The lowest BCUT2D eigenvalue weighted by Gasteiger charge is -2.30. The Morgan fingerprint density at radius 2 is 2.00 bits per heavy atom. The number of amides is 1. The summed E-state index contributed by atoms with van der Waals surface area (Å²) in [7, 11) is 1.27. The number of hydrogen-bond acceptors (Lipinski definition) is 4. The third-order valence-corrected chi connectivity index (χ3v) is 2.40. The molecule has 15 heavy (non-hydrogen) atoms. The van der Waals surface area contributed by atoms with Crippen LogP contribution in [0.1, 0.15) is 27.2 Å². The molecule has 0 aromatic heterocycles. The fourth-order valence-electron chi connectivity index (χ4n) is 1.43. The van der Waals surface area contributed by atoms with E-state index in [1.807, 2.05) is 6.92 Å². The van der Waals surface area contributed by atoms with Crippen molar-refractivity contribution >= 4 is 11.9 Å². The van der Waals surface area contributed by atoms with Crippen LogP contribution < -0.4 is 0 Å². The highest BCUT2D eigenvalue weighted by atomic mass is 16.5. The van der Waals surface area contributed by atoms with Crippen molar-refractivity contribution in [2.45, 2.75) is 39.3 Å². The minimum absolute atomic E-state index is 0.0958. The highest BCUT2D eigenvalue weighted by molar-refractivity contribution is 5.74. The molecular formula is C10H19NO4. The van der Waals surface area contributed by atoms with Gasteiger partial charge in [-0.3, -0.25) is 9.59 Å². The Morgan fingerprint density at radius 3 is 2.33 bits per heavy atom. The second-order valence-corrected chi connectivity index (χ2v) is 3.39. The first-order chi connectivity index (χ1) is 6.93. The van der Waals surface area contributed by atoms with Gasteiger partial charge in [-0.05, 0) is 13.8 Å². The van der Waals surface area contributed by atoms with Crippen molar-refractivity contribution in [3.63, 3.8) is 0 Å². The van der Waals surface area contributed by atoms with Gasteiger partial charge in [0.15, 0.2) is 0 Å². The molecule has 0 radical (unpaired) electrons. The first-order valence-electron chi connectivity index (χ1n) is 4.96. The molecule has 0 aliphatic heterocycles. The first-order valence-corrected chi connectivity index (χ1v) is 4.96. The van der Waals surface area contributed by atoms with Crippen LogP contribution in [0.15, 0.2) is 0 Å². The van der Waals surface area contributed by atoms with Crippen LogP contribution in [0.3, 0.4) is 0 Å². The maximum atomic E-state index is 11.2. The van der Waals surface area contributed by atoms with Crippen molar-refractivity contribution in [3.05, 3.63) is 0 Å². The predicted octanol–water partition coefficient (Wildman–Crippen LogP) is 0.167. The quantitative estimate of drug-likeness (QED) is 0.666. The molecular weight excluding hydrogens is 198 g/mol. The second-order valence-electron chi connectivity index (χ2n) is 3.39. The Morgan fingerprint density at radius 1 is 1.47 bits per heavy atom. The summed E-state index contributed by atoms with van der Waals surface area (Å²) in [4.78, 5) is 23.6. The van der Waals surface area contributed by atoms with Crippen molar-refractivity contribution < 1.29 is 19.4 Å². The normalized spacial score (nSPS) is 14.2. The van der Waals surface area contributed by atoms with Gasteiger partial charge in [0, 0.05) is 13.5 Å². The lowest BCUT2D eigenvalue weighted by atomic mass is 10.1. The molecule has 5 heteroatoms. The summed E-state index contributed by atoms with van der Waals surface area (Å²) >= 11 is 0. The molecule has 0 aliphatic rings. The average molecular weight is 217 g/mol. The maximum Gasteiger partial charge on any atom is 0.308 e. The van der Waals surface area contributed by atoms with E-state index in [2.05, 4.69) is 4.74 Å². The van der Waals surface area contributed by atoms with Crippen molar-refractivity contribution in [3.8, 4) is 0 Å². The Kier molecular flexibility index (Phi) is 5.93. The van der Waals surface area contributed by atoms with Crippen LogP contribution in [0.5, 0.6) is 0 Å². The molecule has 0 saturated carbocycles. The number of ether oxygens (including phenoxy) is 1. The minimum Gasteiger partial charge on any atom is -0.469 e. The number of carbonyl (C=O) groups is 2. The van der Waals surface area contributed by atoms with Crippen LogP contribution >= 0.6 is 0 Å². The average Bonchev–Trinajstić information content (AvgIpc) is 2.17. The van der Waals surface area contributed by atoms with Gasteiger partial charge >= 0.3 is 5.97 Å². The first kappa shape index (κ1) is 13.9. The number of rotatable bonds is 5. The molecule has 88 valence electrons. The van der Waals surface area contributed by atoms with Gasteiger partial charge in [-0.15, -0.1) is 0 Å². The van der Waals surface area contributed by atoms with Crippen molar-refractivity contribution in [1.82, 2.24) is 4.90 Å². The van der Waals surface area contributed by atoms with Crippen LogP contribution in [0.2, 0.25) is 0 Å². The SMILES string of the molecule is CCN(C(C)=O)C(C)C(O)CC(=O)OC. The molecule has 0 bridgehead atoms. The molecule has 0 heterocycles. The van der Waals surface area contributed by atoms with Crippen molar-refractivity contribution in [1.29, 1.82) is 0 Å². The largest absolute Gasteiger partial charge is 0.469 e. The van der Waals surface area contributed by atoms with E-state index in [1.54, 1.807) is 6.92 Å². The zero-order valence-corrected chi connectivity index (χ0v) is 9.69. The summed E-state index contributed by atoms with van der Waals surface area (Å²) in [5.74, 6) is -0.595. The summed E-state index contributed by atoms with van der Waals surface area (Å²) in [6.07, 6.45) is -0.983. The third kappa shape index (κ3) is 4.29.